The average Bonchev–Trinajstić information content (AvgIpc) is 3.58. The molecule has 4 aromatic heterocycles. The van der Waals surface area contributed by atoms with Gasteiger partial charge in [0.05, 0.1) is 50.0 Å². The third-order valence-corrected chi connectivity index (χ3v) is 11.1. The highest BCUT2D eigenvalue weighted by Crippen LogP contribution is 2.46. The summed E-state index contributed by atoms with van der Waals surface area (Å²) < 4.78 is 11.8. The number of allylic oxidation sites excluding steroid dienone is 5. The second-order valence-corrected chi connectivity index (χ2v) is 14.9. The number of hydrogen-bond donors (Lipinski definition) is 3. The van der Waals surface area contributed by atoms with E-state index in [4.69, 9.17) is 24.4 Å². The number of carbonyl (C=O) groups is 3. The van der Waals surface area contributed by atoms with Crippen LogP contribution in [0, 0.1) is 0 Å². The van der Waals surface area contributed by atoms with Crippen LogP contribution in [-0.2, 0) is 0 Å². The molecule has 5 heterocycles. The second kappa shape index (κ2) is 16.2. The lowest BCUT2D eigenvalue weighted by Gasteiger charge is -2.16. The van der Waals surface area contributed by atoms with Crippen molar-refractivity contribution in [1.82, 2.24) is 15.0 Å². The molecule has 12 heteroatoms. The van der Waals surface area contributed by atoms with E-state index in [1.54, 1.807) is 85.1 Å². The van der Waals surface area contributed by atoms with Crippen molar-refractivity contribution in [2.45, 2.75) is 0 Å². The zero-order valence-corrected chi connectivity index (χ0v) is 32.7. The normalized spacial score (nSPS) is 12.9. The van der Waals surface area contributed by atoms with Crippen LogP contribution in [0.5, 0.6) is 11.5 Å². The van der Waals surface area contributed by atoms with E-state index in [0.717, 1.165) is 43.8 Å². The molecule has 0 saturated heterocycles. The van der Waals surface area contributed by atoms with Crippen molar-refractivity contribution in [3.05, 3.63) is 179 Å². The maximum atomic E-state index is 11.8. The van der Waals surface area contributed by atoms with Crippen LogP contribution >= 0.6 is 11.3 Å². The van der Waals surface area contributed by atoms with E-state index in [-0.39, 0.29) is 16.7 Å². The summed E-state index contributed by atoms with van der Waals surface area (Å²) in [4.78, 5) is 51.1. The molecule has 9 rings (SSSR count). The van der Waals surface area contributed by atoms with E-state index < -0.39 is 17.9 Å². The summed E-state index contributed by atoms with van der Waals surface area (Å²) in [5, 5.41) is 30.6. The molecule has 0 bridgehead atoms. The molecule has 0 amide bonds. The lowest BCUT2D eigenvalue weighted by Crippen LogP contribution is -2.14. The predicted molar refractivity (Wildman–Crippen MR) is 232 cm³/mol. The van der Waals surface area contributed by atoms with Gasteiger partial charge in [-0.15, -0.1) is 17.1 Å². The van der Waals surface area contributed by atoms with E-state index in [9.17, 15) is 29.7 Å². The first-order valence-electron chi connectivity index (χ1n) is 18.9. The minimum Gasteiger partial charge on any atom is -0.485 e. The van der Waals surface area contributed by atoms with Crippen molar-refractivity contribution in [1.29, 1.82) is 0 Å². The number of pyridine rings is 3. The third kappa shape index (κ3) is 8.00. The topological polar surface area (TPSA) is 169 Å². The zero-order valence-electron chi connectivity index (χ0n) is 31.9. The van der Waals surface area contributed by atoms with Crippen molar-refractivity contribution in [3.8, 4) is 67.0 Å². The largest absolute Gasteiger partial charge is 0.485 e. The summed E-state index contributed by atoms with van der Waals surface area (Å²) in [5.74, 6) is -1.71. The molecule has 3 N–H and O–H groups in total. The van der Waals surface area contributed by atoms with E-state index in [0.29, 0.717) is 58.8 Å². The maximum Gasteiger partial charge on any atom is 0.335 e. The molecule has 3 aromatic carbocycles. The highest BCUT2D eigenvalue weighted by Gasteiger charge is 2.21. The highest BCUT2D eigenvalue weighted by atomic mass is 32.1. The molecule has 296 valence electrons. The molecular weight excluding hydrogens is 791 g/mol. The Morgan fingerprint density at radius 2 is 1.07 bits per heavy atom. The van der Waals surface area contributed by atoms with E-state index in [1.807, 2.05) is 60.0 Å². The molecule has 11 nitrogen and oxygen atoms in total. The quantitative estimate of drug-likeness (QED) is 0.112. The zero-order chi connectivity index (χ0) is 42.0. The summed E-state index contributed by atoms with van der Waals surface area (Å²) in [6.07, 6.45) is 9.13. The van der Waals surface area contributed by atoms with Gasteiger partial charge >= 0.3 is 17.9 Å². The van der Waals surface area contributed by atoms with Gasteiger partial charge in [-0.2, -0.15) is 0 Å². The fraction of sp³-hybridized carbons (Fsp3) is 0.0408. The molecule has 0 unspecified atom stereocenters. The van der Waals surface area contributed by atoms with Gasteiger partial charge < -0.3 is 24.8 Å². The number of thiophene rings is 1. The third-order valence-electron chi connectivity index (χ3n) is 10.1. The maximum absolute atomic E-state index is 11.8. The van der Waals surface area contributed by atoms with Crippen LogP contribution in [0.2, 0.25) is 0 Å². The lowest BCUT2D eigenvalue weighted by molar-refractivity contribution is 0.0686. The number of hydrogen-bond acceptors (Lipinski definition) is 9. The lowest BCUT2D eigenvalue weighted by atomic mass is 9.97. The van der Waals surface area contributed by atoms with Gasteiger partial charge in [0.1, 0.15) is 13.2 Å². The van der Waals surface area contributed by atoms with Crippen LogP contribution in [0.1, 0.15) is 42.3 Å². The first-order valence-corrected chi connectivity index (χ1v) is 19.8. The number of rotatable bonds is 10. The van der Waals surface area contributed by atoms with E-state index >= 15 is 0 Å². The van der Waals surface area contributed by atoms with Gasteiger partial charge in [-0.05, 0) is 136 Å². The number of fused-ring (bicyclic) bond motifs is 1. The van der Waals surface area contributed by atoms with Crippen LogP contribution in [0.25, 0.3) is 66.6 Å². The van der Waals surface area contributed by atoms with Crippen molar-refractivity contribution < 1.29 is 39.2 Å². The molecule has 7 aromatic rings. The van der Waals surface area contributed by atoms with Gasteiger partial charge in [0, 0.05) is 17.2 Å². The first kappa shape index (κ1) is 38.3. The SMILES string of the molecule is O=C(O)c1ccc(C2=CC=C=CC(c3cc(-c4ccc(C(=O)O)cc4)cc(-c4cc(-c5ccc(C(=O)O)cc5)cc(-c5cc(-c6scc7c6OCCO7)ccn5)n4)n3)=C2)cc1. The average molecular weight is 822 g/mol. The van der Waals surface area contributed by atoms with Crippen LogP contribution in [0.15, 0.2) is 151 Å². The summed E-state index contributed by atoms with van der Waals surface area (Å²) in [6, 6.07) is 31.2. The number of ether oxygens (including phenoxy) is 2. The molecular formula is C49H31N3O8S. The van der Waals surface area contributed by atoms with Crippen molar-refractivity contribution in [2.75, 3.05) is 13.2 Å². The summed E-state index contributed by atoms with van der Waals surface area (Å²) in [5.41, 5.74) is 12.4. The number of aromatic nitrogens is 3. The molecule has 0 fully saturated rings. The standard InChI is InChI=1S/C49H31N3O8S/c53-47(54)31-11-5-28(6-12-31)34-3-1-2-4-35(21-34)39-23-37(29-7-13-32(14-8-29)48(55)56)25-42(51-39)43-26-38(30-9-15-33(16-10-30)49(57)58)24-41(52-43)40-22-36(17-18-50-40)46-45-44(27-61-46)59-19-20-60-45/h1,3-18,21-27H,19-20H2,(H,53,54)(H,55,56)(H,57,58). The Hall–Kier alpha value is -8.18. The molecule has 1 aliphatic heterocycles. The van der Waals surface area contributed by atoms with Gasteiger partial charge in [0.25, 0.3) is 0 Å². The molecule has 0 saturated carbocycles. The Balaban J connectivity index is 1.21. The van der Waals surface area contributed by atoms with E-state index in [1.165, 1.54) is 11.3 Å². The molecule has 61 heavy (non-hydrogen) atoms. The Morgan fingerprint density at radius 1 is 0.557 bits per heavy atom. The molecule has 2 aliphatic rings. The van der Waals surface area contributed by atoms with Crippen molar-refractivity contribution in [2.24, 2.45) is 0 Å². The fourth-order valence-corrected chi connectivity index (χ4v) is 7.92. The number of aromatic carboxylic acids is 3. The molecule has 0 spiro atoms. The van der Waals surface area contributed by atoms with Gasteiger partial charge in [0.2, 0.25) is 0 Å². The monoisotopic (exact) mass is 821 g/mol. The predicted octanol–water partition coefficient (Wildman–Crippen LogP) is 10.3. The van der Waals surface area contributed by atoms with Crippen LogP contribution in [0.4, 0.5) is 0 Å². The molecule has 0 radical (unpaired) electrons. The summed E-state index contributed by atoms with van der Waals surface area (Å²) in [7, 11) is 0. The highest BCUT2D eigenvalue weighted by molar-refractivity contribution is 7.14. The second-order valence-electron chi connectivity index (χ2n) is 14.0. The number of nitrogens with zero attached hydrogens (tertiary/aromatic N) is 3. The smallest absolute Gasteiger partial charge is 0.335 e. The minimum absolute atomic E-state index is 0.145. The Kier molecular flexibility index (Phi) is 10.2. The number of carboxylic acid groups (broad SMARTS) is 3. The Bertz CT molecular complexity index is 3030. The van der Waals surface area contributed by atoms with Crippen LogP contribution < -0.4 is 9.47 Å². The van der Waals surface area contributed by atoms with E-state index in [2.05, 4.69) is 5.73 Å². The van der Waals surface area contributed by atoms with Crippen LogP contribution in [0.3, 0.4) is 0 Å². The first-order chi connectivity index (χ1) is 29.7. The Labute approximate surface area is 352 Å². The molecule has 0 atom stereocenters. The minimum atomic E-state index is -1.04. The number of benzene rings is 3. The van der Waals surface area contributed by atoms with Crippen molar-refractivity contribution in [3.63, 3.8) is 0 Å². The fourth-order valence-electron chi connectivity index (χ4n) is 6.99. The van der Waals surface area contributed by atoms with Crippen LogP contribution in [-0.4, -0.2) is 61.4 Å². The Morgan fingerprint density at radius 3 is 1.66 bits per heavy atom. The van der Waals surface area contributed by atoms with Crippen molar-refractivity contribution >= 4 is 40.4 Å². The summed E-state index contributed by atoms with van der Waals surface area (Å²) in [6.45, 7) is 0.924. The van der Waals surface area contributed by atoms with Gasteiger partial charge in [0.15, 0.2) is 11.5 Å². The molecule has 1 aliphatic carbocycles. The summed E-state index contributed by atoms with van der Waals surface area (Å²) >= 11 is 1.51. The van der Waals surface area contributed by atoms with Gasteiger partial charge in [-0.25, -0.2) is 24.4 Å². The van der Waals surface area contributed by atoms with Gasteiger partial charge in [-0.3, -0.25) is 4.98 Å². The van der Waals surface area contributed by atoms with Gasteiger partial charge in [-0.1, -0.05) is 36.4 Å². The number of carboxylic acids is 3.